The van der Waals surface area contributed by atoms with Crippen molar-refractivity contribution in [2.24, 2.45) is 4.99 Å². The lowest BCUT2D eigenvalue weighted by atomic mass is 10.2. The van der Waals surface area contributed by atoms with Gasteiger partial charge in [-0.25, -0.2) is 0 Å². The molecule has 6 heteroatoms. The number of aliphatic imine (C=N–C) groups is 1. The van der Waals surface area contributed by atoms with Crippen LogP contribution in [0.5, 0.6) is 0 Å². The van der Waals surface area contributed by atoms with Gasteiger partial charge >= 0.3 is 0 Å². The molecule has 14 heavy (non-hydrogen) atoms. The van der Waals surface area contributed by atoms with E-state index in [9.17, 15) is 0 Å². The van der Waals surface area contributed by atoms with E-state index in [0.29, 0.717) is 0 Å². The lowest BCUT2D eigenvalue weighted by Crippen LogP contribution is -1.75. The summed E-state index contributed by atoms with van der Waals surface area (Å²) in [4.78, 5) is 4.17. The second-order valence-corrected chi connectivity index (χ2v) is 7.66. The third-order valence-electron chi connectivity index (χ3n) is 1.59. The van der Waals surface area contributed by atoms with E-state index in [1.54, 1.807) is 0 Å². The maximum Gasteiger partial charge on any atom is 0.0661 e. The van der Waals surface area contributed by atoms with E-state index in [1.165, 1.54) is 32.2 Å². The third kappa shape index (κ3) is 4.02. The largest absolute Gasteiger partial charge is 0.261 e. The third-order valence-corrected chi connectivity index (χ3v) is 6.03. The average molecular weight is 277 g/mol. The lowest BCUT2D eigenvalue weighted by molar-refractivity contribution is 1.41. The van der Waals surface area contributed by atoms with Crippen LogP contribution < -0.4 is 0 Å². The first-order chi connectivity index (χ1) is 6.88. The Morgan fingerprint density at radius 2 is 1.86 bits per heavy atom. The fourth-order valence-electron chi connectivity index (χ4n) is 1.06. The van der Waals surface area contributed by atoms with Crippen LogP contribution in [0, 0.1) is 0 Å². The summed E-state index contributed by atoms with van der Waals surface area (Å²) < 4.78 is 0. The fourth-order valence-corrected chi connectivity index (χ4v) is 3.81. The number of benzene rings is 1. The summed E-state index contributed by atoms with van der Waals surface area (Å²) >= 11 is 8.89. The van der Waals surface area contributed by atoms with Gasteiger partial charge in [-0.05, 0) is 11.6 Å². The van der Waals surface area contributed by atoms with Crippen molar-refractivity contribution >= 4 is 60.9 Å². The number of para-hydroxylation sites is 1. The topological polar surface area (TPSA) is 12.4 Å². The summed E-state index contributed by atoms with van der Waals surface area (Å²) in [6.07, 6.45) is 2.96. The van der Waals surface area contributed by atoms with Crippen molar-refractivity contribution < 1.29 is 0 Å². The Labute approximate surface area is 102 Å². The molecule has 0 aromatic heterocycles. The van der Waals surface area contributed by atoms with E-state index in [2.05, 4.69) is 33.4 Å². The molecular formula is C8H7NS5. The molecule has 0 bridgehead atoms. The zero-order chi connectivity index (χ0) is 10.2. The van der Waals surface area contributed by atoms with Crippen molar-refractivity contribution in [1.82, 2.24) is 0 Å². The molecule has 1 nitrogen and oxygen atoms in total. The molecule has 0 fully saturated rings. The van der Waals surface area contributed by atoms with Crippen molar-refractivity contribution in [1.29, 1.82) is 0 Å². The standard InChI is InChI=1S/C8H7N.S5/c1-2-4-8-7(3-1)5-6-9-8;1-3-5-4-2/h1-4,6H,5H2;. The highest BCUT2D eigenvalue weighted by molar-refractivity contribution is 8.59. The van der Waals surface area contributed by atoms with Crippen molar-refractivity contribution in [3.05, 3.63) is 29.8 Å². The SMILES string of the molecule is C1=Nc2ccccc2C1.S=S=S=S=S. The van der Waals surface area contributed by atoms with Gasteiger partial charge in [0, 0.05) is 61.7 Å². The zero-order valence-corrected chi connectivity index (χ0v) is 11.2. The van der Waals surface area contributed by atoms with Gasteiger partial charge in [0.1, 0.15) is 0 Å². The monoisotopic (exact) mass is 277 g/mol. The van der Waals surface area contributed by atoms with Gasteiger partial charge in [0.05, 0.1) is 5.69 Å². The number of rotatable bonds is 0. The van der Waals surface area contributed by atoms with Crippen LogP contribution >= 0.6 is 0 Å². The minimum absolute atomic E-state index is 1.01. The first-order valence-electron chi connectivity index (χ1n) is 3.74. The molecule has 2 rings (SSSR count). The summed E-state index contributed by atoms with van der Waals surface area (Å²) in [5.74, 6) is 0. The van der Waals surface area contributed by atoms with Gasteiger partial charge in [-0.15, -0.1) is 0 Å². The Morgan fingerprint density at radius 1 is 1.14 bits per heavy atom. The quantitative estimate of drug-likeness (QED) is 0.718. The van der Waals surface area contributed by atoms with E-state index in [4.69, 9.17) is 0 Å². The van der Waals surface area contributed by atoms with E-state index >= 15 is 0 Å². The van der Waals surface area contributed by atoms with Gasteiger partial charge in [0.15, 0.2) is 0 Å². The lowest BCUT2D eigenvalue weighted by Gasteiger charge is -1.91. The van der Waals surface area contributed by atoms with Crippen LogP contribution in [0.1, 0.15) is 5.56 Å². The summed E-state index contributed by atoms with van der Waals surface area (Å²) in [7, 11) is 3.95. The van der Waals surface area contributed by atoms with Gasteiger partial charge in [0.25, 0.3) is 0 Å². The molecule has 0 spiro atoms. The summed E-state index contributed by atoms with van der Waals surface area (Å²) in [6, 6.07) is 8.22. The van der Waals surface area contributed by atoms with Gasteiger partial charge in [-0.1, -0.05) is 18.2 Å². The molecule has 0 atom stereocenters. The molecule has 0 saturated carbocycles. The minimum Gasteiger partial charge on any atom is -0.261 e. The molecule has 74 valence electrons. The molecular weight excluding hydrogens is 270 g/mol. The molecule has 1 heterocycles. The van der Waals surface area contributed by atoms with Gasteiger partial charge in [0.2, 0.25) is 0 Å². The van der Waals surface area contributed by atoms with Crippen LogP contribution in [0.15, 0.2) is 29.3 Å². The van der Waals surface area contributed by atoms with Crippen LogP contribution in [-0.4, -0.2) is 6.21 Å². The highest BCUT2D eigenvalue weighted by Gasteiger charge is 2.01. The minimum atomic E-state index is 1.01. The Balaban J connectivity index is 0.000000171. The molecule has 0 saturated heterocycles. The number of hydrogen-bond acceptors (Lipinski definition) is 3. The van der Waals surface area contributed by atoms with Gasteiger partial charge in [-0.2, -0.15) is 0 Å². The van der Waals surface area contributed by atoms with E-state index in [0.717, 1.165) is 12.1 Å². The van der Waals surface area contributed by atoms with Crippen LogP contribution in [0.25, 0.3) is 0 Å². The number of hydrogen-bond donors (Lipinski definition) is 0. The molecule has 0 N–H and O–H groups in total. The van der Waals surface area contributed by atoms with Crippen molar-refractivity contribution in [2.45, 2.75) is 6.42 Å². The molecule has 1 aliphatic heterocycles. The highest BCUT2D eigenvalue weighted by atomic mass is 33.3. The first-order valence-corrected chi connectivity index (χ1v) is 9.07. The van der Waals surface area contributed by atoms with E-state index in [1.807, 2.05) is 24.4 Å². The molecule has 0 amide bonds. The van der Waals surface area contributed by atoms with Crippen LogP contribution in [0.4, 0.5) is 5.69 Å². The summed E-state index contributed by atoms with van der Waals surface area (Å²) in [5.41, 5.74) is 2.48. The second-order valence-electron chi connectivity index (χ2n) is 2.35. The van der Waals surface area contributed by atoms with Crippen LogP contribution in [0.3, 0.4) is 0 Å². The Hall–Kier alpha value is -0.0100. The summed E-state index contributed by atoms with van der Waals surface area (Å²) in [6.45, 7) is 0. The Kier molecular flexibility index (Phi) is 6.29. The maximum atomic E-state index is 4.44. The molecule has 1 aromatic carbocycles. The van der Waals surface area contributed by atoms with Crippen LogP contribution in [-0.2, 0) is 55.4 Å². The van der Waals surface area contributed by atoms with Gasteiger partial charge < -0.3 is 0 Å². The predicted octanol–water partition coefficient (Wildman–Crippen LogP) is 1.93. The maximum absolute atomic E-state index is 4.44. The molecule has 0 unspecified atom stereocenters. The number of fused-ring (bicyclic) bond motifs is 1. The zero-order valence-electron chi connectivity index (χ0n) is 7.08. The number of nitrogens with zero attached hydrogens (tertiary/aromatic N) is 1. The van der Waals surface area contributed by atoms with Crippen molar-refractivity contribution in [2.75, 3.05) is 0 Å². The fraction of sp³-hybridized carbons (Fsp3) is 0.125. The average Bonchev–Trinajstić information content (AvgIpc) is 2.67. The normalized spacial score (nSPS) is 10.9. The second kappa shape index (κ2) is 7.30. The molecule has 1 aromatic rings. The summed E-state index contributed by atoms with van der Waals surface area (Å²) in [5, 5.41) is 0. The van der Waals surface area contributed by atoms with Gasteiger partial charge in [-0.3, -0.25) is 4.99 Å². The molecule has 0 radical (unpaired) electrons. The molecule has 1 aliphatic rings. The highest BCUT2D eigenvalue weighted by Crippen LogP contribution is 2.22. The first kappa shape index (κ1) is 12.1. The van der Waals surface area contributed by atoms with E-state index in [-0.39, 0.29) is 0 Å². The van der Waals surface area contributed by atoms with Crippen LogP contribution in [0.2, 0.25) is 0 Å². The van der Waals surface area contributed by atoms with Crippen molar-refractivity contribution in [3.8, 4) is 0 Å². The van der Waals surface area contributed by atoms with E-state index < -0.39 is 0 Å². The predicted molar refractivity (Wildman–Crippen MR) is 75.1 cm³/mol. The molecule has 0 aliphatic carbocycles. The Morgan fingerprint density at radius 3 is 2.43 bits per heavy atom. The Bertz CT molecular complexity index is 439. The smallest absolute Gasteiger partial charge is 0.0661 e. The van der Waals surface area contributed by atoms with Crippen molar-refractivity contribution in [3.63, 3.8) is 0 Å².